The number of aromatic nitrogens is 1. The van der Waals surface area contributed by atoms with Crippen LogP contribution in [0.25, 0.3) is 10.9 Å². The lowest BCUT2D eigenvalue weighted by Crippen LogP contribution is -2.38. The Kier molecular flexibility index (Phi) is 7.35. The molecule has 3 aromatic carbocycles. The Hall–Kier alpha value is -3.55. The Morgan fingerprint density at radius 1 is 1.12 bits per heavy atom. The summed E-state index contributed by atoms with van der Waals surface area (Å²) in [4.78, 5) is 15.2. The highest BCUT2D eigenvalue weighted by molar-refractivity contribution is 6.31. The van der Waals surface area contributed by atoms with Crippen LogP contribution in [0.15, 0.2) is 66.9 Å². The molecule has 0 bridgehead atoms. The number of aromatic amines is 1. The van der Waals surface area contributed by atoms with E-state index in [1.807, 2.05) is 30.5 Å². The van der Waals surface area contributed by atoms with Crippen LogP contribution in [0.3, 0.4) is 0 Å². The molecule has 1 heterocycles. The Balaban J connectivity index is 1.52. The van der Waals surface area contributed by atoms with E-state index in [0.29, 0.717) is 23.5 Å². The van der Waals surface area contributed by atoms with Crippen LogP contribution in [-0.4, -0.2) is 29.2 Å². The van der Waals surface area contributed by atoms with Crippen LogP contribution in [0.1, 0.15) is 16.7 Å². The highest BCUT2D eigenvalue weighted by Gasteiger charge is 2.21. The summed E-state index contributed by atoms with van der Waals surface area (Å²) >= 11 is 6.12. The molecule has 176 valence electrons. The molecule has 4 rings (SSSR count). The molecule has 0 aliphatic heterocycles. The van der Waals surface area contributed by atoms with E-state index in [1.54, 1.807) is 24.3 Å². The van der Waals surface area contributed by atoms with Crippen molar-refractivity contribution in [2.24, 2.45) is 0 Å². The normalized spacial score (nSPS) is 12.0. The minimum absolute atomic E-state index is 0.101. The lowest BCUT2D eigenvalue weighted by Gasteiger charge is -2.18. The molecule has 6 nitrogen and oxygen atoms in total. The van der Waals surface area contributed by atoms with Crippen molar-refractivity contribution in [3.05, 3.63) is 94.4 Å². The average molecular weight is 483 g/mol. The summed E-state index contributed by atoms with van der Waals surface area (Å²) in [6.07, 6.45) is 2.13. The number of aliphatic carboxylic acids is 1. The van der Waals surface area contributed by atoms with E-state index >= 15 is 0 Å². The minimum Gasteiger partial charge on any atom is -0.493 e. The van der Waals surface area contributed by atoms with Gasteiger partial charge in [-0.2, -0.15) is 0 Å². The van der Waals surface area contributed by atoms with Crippen molar-refractivity contribution in [2.75, 3.05) is 7.11 Å². The second-order valence-corrected chi connectivity index (χ2v) is 8.18. The molecule has 0 aliphatic rings. The predicted molar refractivity (Wildman–Crippen MR) is 129 cm³/mol. The Morgan fingerprint density at radius 3 is 2.68 bits per heavy atom. The van der Waals surface area contributed by atoms with Gasteiger partial charge in [-0.05, 0) is 29.8 Å². The number of carbonyl (C=O) groups is 1. The van der Waals surface area contributed by atoms with Gasteiger partial charge in [0, 0.05) is 41.2 Å². The highest BCUT2D eigenvalue weighted by Crippen LogP contribution is 2.33. The molecule has 34 heavy (non-hydrogen) atoms. The summed E-state index contributed by atoms with van der Waals surface area (Å²) in [6.45, 7) is 0.105. The van der Waals surface area contributed by atoms with Gasteiger partial charge in [-0.3, -0.25) is 10.1 Å². The summed E-state index contributed by atoms with van der Waals surface area (Å²) < 4.78 is 25.5. The topological polar surface area (TPSA) is 83.6 Å². The minimum atomic E-state index is -0.964. The first-order valence-corrected chi connectivity index (χ1v) is 11.1. The van der Waals surface area contributed by atoms with Crippen molar-refractivity contribution in [2.45, 2.75) is 25.6 Å². The van der Waals surface area contributed by atoms with E-state index < -0.39 is 17.8 Å². The number of ether oxygens (including phenoxy) is 2. The van der Waals surface area contributed by atoms with E-state index in [1.165, 1.54) is 19.2 Å². The summed E-state index contributed by atoms with van der Waals surface area (Å²) in [6, 6.07) is 16.7. The average Bonchev–Trinajstić information content (AvgIpc) is 3.24. The second-order valence-electron chi connectivity index (χ2n) is 7.77. The Labute approximate surface area is 201 Å². The maximum Gasteiger partial charge on any atom is 0.321 e. The zero-order chi connectivity index (χ0) is 24.1. The quantitative estimate of drug-likeness (QED) is 0.284. The first-order valence-electron chi connectivity index (χ1n) is 10.7. The number of benzene rings is 3. The van der Waals surface area contributed by atoms with E-state index in [9.17, 15) is 14.3 Å². The number of para-hydroxylation sites is 2. The zero-order valence-electron chi connectivity index (χ0n) is 18.5. The molecule has 3 N–H and O–H groups in total. The fraction of sp³-hybridized carbons (Fsp3) is 0.192. The van der Waals surface area contributed by atoms with Gasteiger partial charge in [0.1, 0.15) is 18.5 Å². The maximum absolute atomic E-state index is 14.2. The third-order valence-corrected chi connectivity index (χ3v) is 5.99. The fourth-order valence-corrected chi connectivity index (χ4v) is 4.06. The molecule has 8 heteroatoms. The van der Waals surface area contributed by atoms with E-state index in [2.05, 4.69) is 10.3 Å². The number of rotatable bonds is 10. The molecular weight excluding hydrogens is 459 g/mol. The number of nitrogens with one attached hydrogen (secondary N) is 2. The Morgan fingerprint density at radius 2 is 1.91 bits per heavy atom. The number of carboxylic acid groups (broad SMARTS) is 1. The maximum atomic E-state index is 14.2. The van der Waals surface area contributed by atoms with Gasteiger partial charge in [0.2, 0.25) is 0 Å². The van der Waals surface area contributed by atoms with Crippen molar-refractivity contribution >= 4 is 28.5 Å². The molecule has 0 saturated carbocycles. The van der Waals surface area contributed by atoms with Crippen LogP contribution in [-0.2, 0) is 24.4 Å². The molecule has 0 unspecified atom stereocenters. The van der Waals surface area contributed by atoms with Gasteiger partial charge in [0.05, 0.1) is 12.1 Å². The molecule has 0 saturated heterocycles. The van der Waals surface area contributed by atoms with Crippen molar-refractivity contribution < 1.29 is 23.8 Å². The van der Waals surface area contributed by atoms with E-state index in [-0.39, 0.29) is 23.7 Å². The van der Waals surface area contributed by atoms with Gasteiger partial charge >= 0.3 is 5.97 Å². The largest absolute Gasteiger partial charge is 0.493 e. The molecule has 0 aliphatic carbocycles. The fourth-order valence-electron chi connectivity index (χ4n) is 3.84. The second kappa shape index (κ2) is 10.6. The Bertz CT molecular complexity index is 1290. The van der Waals surface area contributed by atoms with Gasteiger partial charge in [-0.15, -0.1) is 0 Å². The molecule has 0 spiro atoms. The van der Waals surface area contributed by atoms with Gasteiger partial charge in [0.15, 0.2) is 11.5 Å². The highest BCUT2D eigenvalue weighted by atomic mass is 35.5. The summed E-state index contributed by atoms with van der Waals surface area (Å²) in [7, 11) is 1.51. The molecular formula is C26H24ClFN2O4. The number of hydrogen-bond donors (Lipinski definition) is 3. The first-order chi connectivity index (χ1) is 16.5. The van der Waals surface area contributed by atoms with Gasteiger partial charge in [-0.1, -0.05) is 48.0 Å². The lowest BCUT2D eigenvalue weighted by atomic mass is 10.0. The summed E-state index contributed by atoms with van der Waals surface area (Å²) in [5.74, 6) is -0.580. The summed E-state index contributed by atoms with van der Waals surface area (Å²) in [5, 5.41) is 14.2. The van der Waals surface area contributed by atoms with Crippen LogP contribution in [0.2, 0.25) is 5.02 Å². The number of carboxylic acids is 1. The van der Waals surface area contributed by atoms with Crippen molar-refractivity contribution in [1.82, 2.24) is 10.3 Å². The molecule has 0 fully saturated rings. The van der Waals surface area contributed by atoms with E-state index in [0.717, 1.165) is 16.5 Å². The van der Waals surface area contributed by atoms with Crippen molar-refractivity contribution in [1.29, 1.82) is 0 Å². The first kappa shape index (κ1) is 23.6. The van der Waals surface area contributed by atoms with Crippen LogP contribution >= 0.6 is 11.6 Å². The zero-order valence-corrected chi connectivity index (χ0v) is 19.2. The lowest BCUT2D eigenvalue weighted by molar-refractivity contribution is -0.139. The molecule has 4 aromatic rings. The number of hydrogen-bond acceptors (Lipinski definition) is 4. The molecule has 0 radical (unpaired) electrons. The third-order valence-electron chi connectivity index (χ3n) is 5.64. The summed E-state index contributed by atoms with van der Waals surface area (Å²) in [5.41, 5.74) is 2.78. The smallest absolute Gasteiger partial charge is 0.321 e. The third kappa shape index (κ3) is 5.16. The van der Waals surface area contributed by atoms with Gasteiger partial charge in [0.25, 0.3) is 0 Å². The van der Waals surface area contributed by atoms with Crippen LogP contribution in [0.5, 0.6) is 11.5 Å². The van der Waals surface area contributed by atoms with Gasteiger partial charge < -0.3 is 19.6 Å². The SMILES string of the molecule is COc1cccc(CN[C@@H](Cc2c[nH]c3ccccc23)C(=O)O)c1OCc1c(F)cccc1Cl. The number of H-pyrrole nitrogens is 1. The van der Waals surface area contributed by atoms with Crippen LogP contribution in [0.4, 0.5) is 4.39 Å². The van der Waals surface area contributed by atoms with Crippen molar-refractivity contribution in [3.8, 4) is 11.5 Å². The number of methoxy groups -OCH3 is 1. The van der Waals surface area contributed by atoms with Crippen molar-refractivity contribution in [3.63, 3.8) is 0 Å². The standard InChI is InChI=1S/C26H24ClFN2O4/c1-33-24-11-4-6-16(25(24)34-15-19-20(27)8-5-9-21(19)28)13-30-23(26(31)32)12-17-14-29-22-10-3-2-7-18(17)22/h2-11,14,23,29-30H,12-13,15H2,1H3,(H,31,32)/t23-/m0/s1. The van der Waals surface area contributed by atoms with Crippen LogP contribution in [0, 0.1) is 5.82 Å². The van der Waals surface area contributed by atoms with Gasteiger partial charge in [-0.25, -0.2) is 4.39 Å². The van der Waals surface area contributed by atoms with E-state index in [4.69, 9.17) is 21.1 Å². The molecule has 0 amide bonds. The molecule has 1 atom stereocenters. The molecule has 1 aromatic heterocycles. The number of fused-ring (bicyclic) bond motifs is 1. The predicted octanol–water partition coefficient (Wildman–Crippen LogP) is 5.33. The number of halogens is 2. The van der Waals surface area contributed by atoms with Crippen LogP contribution < -0.4 is 14.8 Å². The monoisotopic (exact) mass is 482 g/mol.